The molecule has 0 bridgehead atoms. The second kappa shape index (κ2) is 15.6. The number of ether oxygens (including phenoxy) is 1. The SMILES string of the molecule is C=C(C1=C(CC(=C)C2CCOCC2)CCN(C(C)=O)C1)c1cccc2c(C)c(-c3cnn(C)c3)ncc12.CC.CCC. The predicted molar refractivity (Wildman–Crippen MR) is 176 cm³/mol. The van der Waals surface area contributed by atoms with Gasteiger partial charge in [0.15, 0.2) is 0 Å². The number of pyridine rings is 1. The van der Waals surface area contributed by atoms with Gasteiger partial charge >= 0.3 is 0 Å². The average molecular weight is 571 g/mol. The first-order valence-electron chi connectivity index (χ1n) is 15.5. The lowest BCUT2D eigenvalue weighted by Gasteiger charge is -2.33. The topological polar surface area (TPSA) is 60.2 Å². The number of hydrogen-bond donors (Lipinski definition) is 0. The molecule has 226 valence electrons. The van der Waals surface area contributed by atoms with Gasteiger partial charge in [-0.25, -0.2) is 0 Å². The molecule has 0 unspecified atom stereocenters. The molecule has 0 aliphatic carbocycles. The van der Waals surface area contributed by atoms with Gasteiger partial charge in [0, 0.05) is 63.6 Å². The number of hydrogen-bond acceptors (Lipinski definition) is 4. The molecule has 6 heteroatoms. The van der Waals surface area contributed by atoms with E-state index in [0.717, 1.165) is 89.7 Å². The van der Waals surface area contributed by atoms with Gasteiger partial charge < -0.3 is 9.64 Å². The van der Waals surface area contributed by atoms with E-state index in [9.17, 15) is 4.79 Å². The van der Waals surface area contributed by atoms with Crippen LogP contribution in [-0.4, -0.2) is 51.9 Å². The van der Waals surface area contributed by atoms with Gasteiger partial charge in [-0.3, -0.25) is 14.5 Å². The van der Waals surface area contributed by atoms with Crippen molar-refractivity contribution in [1.29, 1.82) is 0 Å². The standard InChI is InChI=1S/C31H36N4O2.C3H8.C2H6/c1-20(24-10-13-37-14-11-24)15-25-9-12-35(23(4)36)19-30(25)21(2)27-7-6-8-28-22(3)31(32-17-29(27)28)26-16-33-34(5)18-26;1-3-2;1-2/h6-8,16-18,24H,1-2,9-15,19H2,3-5H3;3H2,1-2H3;1-2H3. The maximum atomic E-state index is 12.3. The van der Waals surface area contributed by atoms with E-state index in [-0.39, 0.29) is 5.91 Å². The monoisotopic (exact) mass is 570 g/mol. The second-order valence-electron chi connectivity index (χ2n) is 11.1. The van der Waals surface area contributed by atoms with E-state index in [1.807, 2.05) is 44.4 Å². The van der Waals surface area contributed by atoms with E-state index in [1.54, 1.807) is 11.6 Å². The predicted octanol–water partition coefficient (Wildman–Crippen LogP) is 8.32. The number of aryl methyl sites for hydroxylation is 2. The van der Waals surface area contributed by atoms with Crippen molar-refractivity contribution in [3.05, 3.63) is 77.8 Å². The number of amides is 1. The molecule has 0 radical (unpaired) electrons. The third-order valence-corrected chi connectivity index (χ3v) is 8.00. The minimum Gasteiger partial charge on any atom is -0.381 e. The van der Waals surface area contributed by atoms with E-state index >= 15 is 0 Å². The molecule has 1 amide bonds. The van der Waals surface area contributed by atoms with Crippen LogP contribution >= 0.6 is 0 Å². The van der Waals surface area contributed by atoms with Crippen LogP contribution in [0.3, 0.4) is 0 Å². The van der Waals surface area contributed by atoms with Crippen molar-refractivity contribution in [2.45, 2.75) is 73.6 Å². The highest BCUT2D eigenvalue weighted by Crippen LogP contribution is 2.38. The third-order valence-electron chi connectivity index (χ3n) is 8.00. The van der Waals surface area contributed by atoms with E-state index < -0.39 is 0 Å². The van der Waals surface area contributed by atoms with Gasteiger partial charge in [0.25, 0.3) is 0 Å². The Morgan fingerprint density at radius 2 is 1.79 bits per heavy atom. The van der Waals surface area contributed by atoms with Gasteiger partial charge in [0.2, 0.25) is 5.91 Å². The van der Waals surface area contributed by atoms with Gasteiger partial charge in [0.1, 0.15) is 0 Å². The van der Waals surface area contributed by atoms with E-state index in [0.29, 0.717) is 12.5 Å². The fraction of sp³-hybridized carbons (Fsp3) is 0.472. The molecule has 0 N–H and O–H groups in total. The molecule has 2 aromatic heterocycles. The third kappa shape index (κ3) is 7.65. The zero-order chi connectivity index (χ0) is 30.8. The van der Waals surface area contributed by atoms with Crippen molar-refractivity contribution in [2.75, 3.05) is 26.3 Å². The zero-order valence-electron chi connectivity index (χ0n) is 26.9. The highest BCUT2D eigenvalue weighted by atomic mass is 16.5. The van der Waals surface area contributed by atoms with Crippen LogP contribution in [0, 0.1) is 12.8 Å². The minimum absolute atomic E-state index is 0.101. The number of rotatable bonds is 6. The van der Waals surface area contributed by atoms with Gasteiger partial charge in [-0.15, -0.1) is 0 Å². The van der Waals surface area contributed by atoms with Crippen LogP contribution in [0.5, 0.6) is 0 Å². The number of carbonyl (C=O) groups excluding carboxylic acids is 1. The lowest BCUT2D eigenvalue weighted by molar-refractivity contribution is -0.128. The van der Waals surface area contributed by atoms with Crippen molar-refractivity contribution >= 4 is 22.3 Å². The summed E-state index contributed by atoms with van der Waals surface area (Å²) in [5.74, 6) is 0.598. The van der Waals surface area contributed by atoms with Crippen LogP contribution in [-0.2, 0) is 16.6 Å². The molecule has 4 heterocycles. The van der Waals surface area contributed by atoms with Crippen LogP contribution in [0.15, 0.2) is 66.7 Å². The first kappa shape index (κ1) is 33.0. The summed E-state index contributed by atoms with van der Waals surface area (Å²) in [6, 6.07) is 6.36. The minimum atomic E-state index is 0.101. The largest absolute Gasteiger partial charge is 0.381 e. The van der Waals surface area contributed by atoms with Crippen LogP contribution in [0.25, 0.3) is 27.6 Å². The van der Waals surface area contributed by atoms with Gasteiger partial charge in [-0.1, -0.05) is 76.6 Å². The van der Waals surface area contributed by atoms with Crippen LogP contribution in [0.4, 0.5) is 0 Å². The number of aromatic nitrogens is 3. The summed E-state index contributed by atoms with van der Waals surface area (Å²) in [6.45, 7) is 24.0. The quantitative estimate of drug-likeness (QED) is 0.280. The molecular weight excluding hydrogens is 520 g/mol. The molecule has 2 aliphatic rings. The Morgan fingerprint density at radius 3 is 2.40 bits per heavy atom. The Labute approximate surface area is 253 Å². The Balaban J connectivity index is 0.000000910. The maximum Gasteiger partial charge on any atom is 0.219 e. The Bertz CT molecular complexity index is 1430. The Hall–Kier alpha value is -3.51. The molecule has 0 spiro atoms. The zero-order valence-corrected chi connectivity index (χ0v) is 26.9. The summed E-state index contributed by atoms with van der Waals surface area (Å²) >= 11 is 0. The molecule has 1 fully saturated rings. The molecule has 1 aromatic carbocycles. The fourth-order valence-corrected chi connectivity index (χ4v) is 5.74. The van der Waals surface area contributed by atoms with Crippen molar-refractivity contribution in [3.8, 4) is 11.3 Å². The maximum absolute atomic E-state index is 12.3. The smallest absolute Gasteiger partial charge is 0.219 e. The molecular formula is C36H50N4O2. The van der Waals surface area contributed by atoms with Crippen molar-refractivity contribution in [3.63, 3.8) is 0 Å². The molecule has 1 saturated heterocycles. The van der Waals surface area contributed by atoms with Crippen molar-refractivity contribution < 1.29 is 9.53 Å². The van der Waals surface area contributed by atoms with Crippen LogP contribution in [0.1, 0.15) is 77.8 Å². The number of nitrogens with zero attached hydrogens (tertiary/aromatic N) is 4. The Kier molecular flexibility index (Phi) is 12.3. The summed E-state index contributed by atoms with van der Waals surface area (Å²) in [7, 11) is 1.92. The van der Waals surface area contributed by atoms with E-state index in [1.165, 1.54) is 17.6 Å². The Morgan fingerprint density at radius 1 is 1.10 bits per heavy atom. The molecule has 5 rings (SSSR count). The summed E-state index contributed by atoms with van der Waals surface area (Å²) in [6.07, 6.45) is 10.8. The molecule has 0 saturated carbocycles. The number of benzene rings is 1. The van der Waals surface area contributed by atoms with Crippen molar-refractivity contribution in [2.24, 2.45) is 13.0 Å². The summed E-state index contributed by atoms with van der Waals surface area (Å²) in [5, 5.41) is 6.55. The lowest BCUT2D eigenvalue weighted by atomic mass is 9.82. The molecule has 2 aliphatic heterocycles. The highest BCUT2D eigenvalue weighted by molar-refractivity contribution is 6.00. The van der Waals surface area contributed by atoms with Crippen LogP contribution in [0.2, 0.25) is 0 Å². The first-order chi connectivity index (χ1) is 20.2. The van der Waals surface area contributed by atoms with E-state index in [4.69, 9.17) is 9.72 Å². The fourth-order valence-electron chi connectivity index (χ4n) is 5.74. The summed E-state index contributed by atoms with van der Waals surface area (Å²) < 4.78 is 7.36. The number of carbonyl (C=O) groups is 1. The molecule has 0 atom stereocenters. The van der Waals surface area contributed by atoms with Gasteiger partial charge in [0.05, 0.1) is 11.9 Å². The van der Waals surface area contributed by atoms with E-state index in [2.05, 4.69) is 57.2 Å². The normalized spacial score (nSPS) is 15.5. The molecule has 3 aromatic rings. The number of fused-ring (bicyclic) bond motifs is 1. The highest BCUT2D eigenvalue weighted by Gasteiger charge is 2.26. The lowest BCUT2D eigenvalue weighted by Crippen LogP contribution is -2.36. The first-order valence-corrected chi connectivity index (χ1v) is 15.5. The number of allylic oxidation sites excluding steroid dienone is 1. The van der Waals surface area contributed by atoms with Crippen molar-refractivity contribution in [1.82, 2.24) is 19.7 Å². The molecule has 42 heavy (non-hydrogen) atoms. The summed E-state index contributed by atoms with van der Waals surface area (Å²) in [4.78, 5) is 19.1. The van der Waals surface area contributed by atoms with Gasteiger partial charge in [-0.2, -0.15) is 5.10 Å². The molecule has 6 nitrogen and oxygen atoms in total. The second-order valence-corrected chi connectivity index (χ2v) is 11.1. The summed E-state index contributed by atoms with van der Waals surface area (Å²) in [5.41, 5.74) is 8.90. The average Bonchev–Trinajstić information content (AvgIpc) is 3.44. The van der Waals surface area contributed by atoms with Gasteiger partial charge in [-0.05, 0) is 66.2 Å². The van der Waals surface area contributed by atoms with Crippen LogP contribution < -0.4 is 0 Å².